The number of alkyl halides is 4. The molecule has 0 saturated carbocycles. The molecule has 0 heterocycles. The van der Waals surface area contributed by atoms with Gasteiger partial charge in [0.25, 0.3) is 0 Å². The summed E-state index contributed by atoms with van der Waals surface area (Å²) in [6.07, 6.45) is -1.64. The zero-order chi connectivity index (χ0) is 10.3. The number of rotatable bonds is 6. The maximum atomic E-state index is 11.6. The Labute approximate surface area is 84.8 Å². The number of hydrogen-bond donors (Lipinski definition) is 0. The average molecular weight is 263 g/mol. The highest BCUT2D eigenvalue weighted by Gasteiger charge is 2.27. The lowest BCUT2D eigenvalue weighted by atomic mass is 10.2. The van der Waals surface area contributed by atoms with Gasteiger partial charge in [-0.1, -0.05) is 29.3 Å². The minimum Gasteiger partial charge on any atom is -0.372 e. The Balaban J connectivity index is 3.09. The highest BCUT2D eigenvalue weighted by molar-refractivity contribution is 9.09. The Bertz CT molecular complexity index is 125. The van der Waals surface area contributed by atoms with Crippen LogP contribution >= 0.6 is 15.9 Å². The van der Waals surface area contributed by atoms with Crippen molar-refractivity contribution in [1.29, 1.82) is 0 Å². The fourth-order valence-corrected chi connectivity index (χ4v) is 1.14. The molecule has 0 aliphatic heterocycles. The molecule has 0 saturated heterocycles. The third-order valence-corrected chi connectivity index (χ3v) is 1.86. The van der Waals surface area contributed by atoms with Crippen molar-refractivity contribution >= 4 is 15.9 Å². The van der Waals surface area contributed by atoms with E-state index in [0.717, 1.165) is 12.8 Å². The van der Waals surface area contributed by atoms with Gasteiger partial charge in [0.1, 0.15) is 6.61 Å². The maximum Gasteiger partial charge on any atom is 0.411 e. The summed E-state index contributed by atoms with van der Waals surface area (Å²) in [6.45, 7) is 1.08. The first-order valence-corrected chi connectivity index (χ1v) is 5.12. The monoisotopic (exact) mass is 262 g/mol. The van der Waals surface area contributed by atoms with Crippen LogP contribution in [0.1, 0.15) is 26.2 Å². The standard InChI is InChI=1S/C8H14BrF3O/c1-7(9)4-2-3-5-13-6-8(10,11)12/h7H,2-6H2,1H3. The van der Waals surface area contributed by atoms with Crippen LogP contribution in [-0.4, -0.2) is 24.2 Å². The van der Waals surface area contributed by atoms with Crippen LogP contribution < -0.4 is 0 Å². The molecule has 0 aliphatic rings. The number of halogens is 4. The minimum atomic E-state index is -4.19. The van der Waals surface area contributed by atoms with E-state index in [2.05, 4.69) is 20.7 Å². The first-order valence-electron chi connectivity index (χ1n) is 4.20. The largest absolute Gasteiger partial charge is 0.411 e. The summed E-state index contributed by atoms with van der Waals surface area (Å²) in [5.74, 6) is 0. The molecule has 1 atom stereocenters. The van der Waals surface area contributed by atoms with Gasteiger partial charge in [-0.2, -0.15) is 13.2 Å². The predicted octanol–water partition coefficient (Wildman–Crippen LogP) is 3.52. The molecule has 1 nitrogen and oxygen atoms in total. The Morgan fingerprint density at radius 3 is 2.38 bits per heavy atom. The first-order chi connectivity index (χ1) is 5.92. The quantitative estimate of drug-likeness (QED) is 0.526. The third kappa shape index (κ3) is 12.2. The molecule has 0 aromatic carbocycles. The van der Waals surface area contributed by atoms with E-state index in [1.807, 2.05) is 6.92 Å². The van der Waals surface area contributed by atoms with Crippen LogP contribution in [0, 0.1) is 0 Å². The van der Waals surface area contributed by atoms with Crippen molar-refractivity contribution in [3.63, 3.8) is 0 Å². The van der Waals surface area contributed by atoms with Crippen molar-refractivity contribution < 1.29 is 17.9 Å². The van der Waals surface area contributed by atoms with Crippen LogP contribution in [-0.2, 0) is 4.74 Å². The second-order valence-corrected chi connectivity index (χ2v) is 4.51. The molecule has 0 radical (unpaired) electrons. The van der Waals surface area contributed by atoms with E-state index in [0.29, 0.717) is 11.2 Å². The number of unbranched alkanes of at least 4 members (excludes halogenated alkanes) is 1. The van der Waals surface area contributed by atoms with Gasteiger partial charge in [-0.25, -0.2) is 0 Å². The molecular formula is C8H14BrF3O. The summed E-state index contributed by atoms with van der Waals surface area (Å²) >= 11 is 3.35. The van der Waals surface area contributed by atoms with Crippen LogP contribution in [0.3, 0.4) is 0 Å². The number of hydrogen-bond acceptors (Lipinski definition) is 1. The molecule has 0 amide bonds. The summed E-state index contributed by atoms with van der Waals surface area (Å²) in [5.41, 5.74) is 0. The van der Waals surface area contributed by atoms with Gasteiger partial charge in [0, 0.05) is 11.4 Å². The van der Waals surface area contributed by atoms with E-state index < -0.39 is 12.8 Å². The summed E-state index contributed by atoms with van der Waals surface area (Å²) in [4.78, 5) is 0.426. The number of ether oxygens (including phenoxy) is 1. The Morgan fingerprint density at radius 1 is 1.31 bits per heavy atom. The van der Waals surface area contributed by atoms with E-state index in [1.54, 1.807) is 0 Å². The molecule has 0 spiro atoms. The molecule has 5 heteroatoms. The fourth-order valence-electron chi connectivity index (χ4n) is 0.818. The minimum absolute atomic E-state index is 0.194. The smallest absolute Gasteiger partial charge is 0.372 e. The SMILES string of the molecule is CC(Br)CCCCOCC(F)(F)F. The molecule has 13 heavy (non-hydrogen) atoms. The van der Waals surface area contributed by atoms with Crippen molar-refractivity contribution in [2.75, 3.05) is 13.2 Å². The highest BCUT2D eigenvalue weighted by Crippen LogP contribution is 2.15. The molecule has 0 bridgehead atoms. The molecule has 1 unspecified atom stereocenters. The van der Waals surface area contributed by atoms with Crippen LogP contribution in [0.2, 0.25) is 0 Å². The lowest BCUT2D eigenvalue weighted by molar-refractivity contribution is -0.174. The second-order valence-electron chi connectivity index (χ2n) is 2.94. The average Bonchev–Trinajstić information content (AvgIpc) is 1.93. The van der Waals surface area contributed by atoms with Crippen LogP contribution in [0.5, 0.6) is 0 Å². The van der Waals surface area contributed by atoms with Crippen molar-refractivity contribution in [3.8, 4) is 0 Å². The van der Waals surface area contributed by atoms with Crippen molar-refractivity contribution in [2.24, 2.45) is 0 Å². The van der Waals surface area contributed by atoms with Crippen LogP contribution in [0.4, 0.5) is 13.2 Å². The van der Waals surface area contributed by atoms with E-state index in [9.17, 15) is 13.2 Å². The lowest BCUT2D eigenvalue weighted by Gasteiger charge is -2.07. The zero-order valence-corrected chi connectivity index (χ0v) is 9.12. The van der Waals surface area contributed by atoms with E-state index in [1.165, 1.54) is 0 Å². The Morgan fingerprint density at radius 2 is 1.92 bits per heavy atom. The fraction of sp³-hybridized carbons (Fsp3) is 1.00. The van der Waals surface area contributed by atoms with E-state index in [4.69, 9.17) is 0 Å². The predicted molar refractivity (Wildman–Crippen MR) is 49.1 cm³/mol. The Hall–Kier alpha value is 0.230. The molecule has 80 valence electrons. The normalized spacial score (nSPS) is 14.5. The molecule has 0 aliphatic carbocycles. The van der Waals surface area contributed by atoms with E-state index >= 15 is 0 Å². The van der Waals surface area contributed by atoms with E-state index in [-0.39, 0.29) is 6.61 Å². The lowest BCUT2D eigenvalue weighted by Crippen LogP contribution is -2.17. The van der Waals surface area contributed by atoms with Crippen molar-refractivity contribution in [2.45, 2.75) is 37.2 Å². The van der Waals surface area contributed by atoms with Crippen LogP contribution in [0.15, 0.2) is 0 Å². The summed E-state index contributed by atoms with van der Waals surface area (Å²) in [7, 11) is 0. The van der Waals surface area contributed by atoms with Gasteiger partial charge in [0.05, 0.1) is 0 Å². The second kappa shape index (κ2) is 6.65. The summed E-state index contributed by atoms with van der Waals surface area (Å²) in [6, 6.07) is 0. The molecule has 0 aromatic heterocycles. The molecular weight excluding hydrogens is 249 g/mol. The van der Waals surface area contributed by atoms with Crippen molar-refractivity contribution in [1.82, 2.24) is 0 Å². The first kappa shape index (κ1) is 13.2. The van der Waals surface area contributed by atoms with Gasteiger partial charge in [-0.3, -0.25) is 0 Å². The molecule has 0 rings (SSSR count). The zero-order valence-electron chi connectivity index (χ0n) is 7.53. The highest BCUT2D eigenvalue weighted by atomic mass is 79.9. The summed E-state index contributed by atoms with van der Waals surface area (Å²) < 4.78 is 39.1. The van der Waals surface area contributed by atoms with Gasteiger partial charge >= 0.3 is 6.18 Å². The third-order valence-electron chi connectivity index (χ3n) is 1.41. The Kier molecular flexibility index (Phi) is 6.77. The van der Waals surface area contributed by atoms with Gasteiger partial charge < -0.3 is 4.74 Å². The molecule has 0 aromatic rings. The van der Waals surface area contributed by atoms with Gasteiger partial charge in [-0.15, -0.1) is 0 Å². The van der Waals surface area contributed by atoms with Crippen LogP contribution in [0.25, 0.3) is 0 Å². The molecule has 0 fully saturated rings. The van der Waals surface area contributed by atoms with Gasteiger partial charge in [-0.05, 0) is 12.8 Å². The van der Waals surface area contributed by atoms with Crippen molar-refractivity contribution in [3.05, 3.63) is 0 Å². The van der Waals surface area contributed by atoms with Gasteiger partial charge in [0.15, 0.2) is 0 Å². The topological polar surface area (TPSA) is 9.23 Å². The molecule has 0 N–H and O–H groups in total. The maximum absolute atomic E-state index is 11.6. The van der Waals surface area contributed by atoms with Gasteiger partial charge in [0.2, 0.25) is 0 Å². The summed E-state index contributed by atoms with van der Waals surface area (Å²) in [5, 5.41) is 0.